The molecule has 0 amide bonds. The Hall–Kier alpha value is -0.520. The van der Waals surface area contributed by atoms with Crippen molar-refractivity contribution in [1.29, 1.82) is 0 Å². The van der Waals surface area contributed by atoms with Crippen molar-refractivity contribution in [2.45, 2.75) is 47.0 Å². The largest absolute Gasteiger partial charge is 0.0919 e. The van der Waals surface area contributed by atoms with Crippen LogP contribution in [0.4, 0.5) is 0 Å². The van der Waals surface area contributed by atoms with Gasteiger partial charge in [0.05, 0.1) is 0 Å². The van der Waals surface area contributed by atoms with Crippen molar-refractivity contribution < 1.29 is 0 Å². The Labute approximate surface area is 72.0 Å². The highest BCUT2D eigenvalue weighted by Crippen LogP contribution is 1.93. The van der Waals surface area contributed by atoms with Gasteiger partial charge in [0.25, 0.3) is 0 Å². The Morgan fingerprint density at radius 3 is 1.73 bits per heavy atom. The molecule has 0 nitrogen and oxygen atoms in total. The van der Waals surface area contributed by atoms with Crippen LogP contribution in [0.5, 0.6) is 0 Å². The highest BCUT2D eigenvalue weighted by molar-refractivity contribution is 4.75. The van der Waals surface area contributed by atoms with Crippen molar-refractivity contribution in [3.05, 3.63) is 24.3 Å². The van der Waals surface area contributed by atoms with Crippen LogP contribution in [0.25, 0.3) is 0 Å². The van der Waals surface area contributed by atoms with E-state index in [2.05, 4.69) is 26.0 Å². The maximum Gasteiger partial charge on any atom is -0.0351 e. The van der Waals surface area contributed by atoms with Gasteiger partial charge in [0.2, 0.25) is 0 Å². The van der Waals surface area contributed by atoms with E-state index >= 15 is 0 Å². The van der Waals surface area contributed by atoms with Crippen LogP contribution in [0.1, 0.15) is 47.0 Å². The molecule has 0 aromatic carbocycles. The number of hydrogen-bond donors (Lipinski definition) is 0. The molecular weight excluding hydrogens is 132 g/mol. The predicted molar refractivity (Wildman–Crippen MR) is 54.8 cm³/mol. The van der Waals surface area contributed by atoms with Gasteiger partial charge in [-0.25, -0.2) is 0 Å². The minimum absolute atomic E-state index is 1.26. The Morgan fingerprint density at radius 2 is 1.45 bits per heavy atom. The molecule has 0 atom stereocenters. The smallest absolute Gasteiger partial charge is 0.0351 e. The lowest BCUT2D eigenvalue weighted by atomic mass is 10.2. The first kappa shape index (κ1) is 13.1. The van der Waals surface area contributed by atoms with E-state index in [-0.39, 0.29) is 0 Å². The normalized spacial score (nSPS) is 10.2. The maximum atomic E-state index is 2.21. The highest BCUT2D eigenvalue weighted by Gasteiger charge is 1.73. The molecule has 0 bridgehead atoms. The van der Waals surface area contributed by atoms with Gasteiger partial charge < -0.3 is 0 Å². The van der Waals surface area contributed by atoms with E-state index in [0.717, 1.165) is 0 Å². The molecule has 0 aliphatic rings. The van der Waals surface area contributed by atoms with Gasteiger partial charge in [0, 0.05) is 0 Å². The molecule has 0 unspecified atom stereocenters. The summed E-state index contributed by atoms with van der Waals surface area (Å²) in [6.45, 7) is 8.28. The van der Waals surface area contributed by atoms with E-state index in [0.29, 0.717) is 0 Å². The fourth-order valence-corrected chi connectivity index (χ4v) is 0.489. The summed E-state index contributed by atoms with van der Waals surface area (Å²) in [6.07, 6.45) is 12.2. The summed E-state index contributed by atoms with van der Waals surface area (Å²) in [5.41, 5.74) is 0. The van der Waals surface area contributed by atoms with E-state index in [1.807, 2.05) is 26.0 Å². The maximum absolute atomic E-state index is 2.21. The average Bonchev–Trinajstić information content (AvgIpc) is 2.06. The van der Waals surface area contributed by atoms with Crippen molar-refractivity contribution in [2.75, 3.05) is 0 Å². The standard InChI is InChI=1S/C7H14.C4H8/c1-3-5-7-6-4-2;1-3-4-2/h3,5H,4,6-7H2,1-2H3;3-4H,1-2H3. The molecule has 11 heavy (non-hydrogen) atoms. The van der Waals surface area contributed by atoms with Crippen LogP contribution in [-0.4, -0.2) is 0 Å². The molecule has 0 aromatic heterocycles. The van der Waals surface area contributed by atoms with Crippen LogP contribution in [0, 0.1) is 0 Å². The van der Waals surface area contributed by atoms with E-state index in [1.165, 1.54) is 19.3 Å². The third-order valence-corrected chi connectivity index (χ3v) is 1.29. The fraction of sp³-hybridized carbons (Fsp3) is 0.636. The zero-order valence-electron chi connectivity index (χ0n) is 8.43. The van der Waals surface area contributed by atoms with Gasteiger partial charge in [-0.15, -0.1) is 0 Å². The Morgan fingerprint density at radius 1 is 0.909 bits per heavy atom. The van der Waals surface area contributed by atoms with Gasteiger partial charge in [-0.2, -0.15) is 0 Å². The van der Waals surface area contributed by atoms with Crippen LogP contribution in [0.15, 0.2) is 24.3 Å². The molecular formula is C11H22. The summed E-state index contributed by atoms with van der Waals surface area (Å²) in [5, 5.41) is 0. The quantitative estimate of drug-likeness (QED) is 0.419. The lowest BCUT2D eigenvalue weighted by Gasteiger charge is -1.83. The second-order valence-corrected chi connectivity index (χ2v) is 2.38. The summed E-state index contributed by atoms with van der Waals surface area (Å²) in [4.78, 5) is 0. The fourth-order valence-electron chi connectivity index (χ4n) is 0.489. The monoisotopic (exact) mass is 154 g/mol. The molecule has 0 rings (SSSR count). The minimum atomic E-state index is 1.26. The second kappa shape index (κ2) is 16.2. The SMILES string of the molecule is CC=CC.CC=CCCCC. The summed E-state index contributed by atoms with van der Waals surface area (Å²) >= 11 is 0. The Bertz CT molecular complexity index is 84.2. The number of rotatable bonds is 3. The first-order valence-electron chi connectivity index (χ1n) is 4.51. The number of allylic oxidation sites excluding steroid dienone is 4. The van der Waals surface area contributed by atoms with Gasteiger partial charge in [0.1, 0.15) is 0 Å². The first-order valence-corrected chi connectivity index (χ1v) is 4.51. The van der Waals surface area contributed by atoms with E-state index < -0.39 is 0 Å². The molecule has 0 spiro atoms. The van der Waals surface area contributed by atoms with Gasteiger partial charge in [-0.3, -0.25) is 0 Å². The van der Waals surface area contributed by atoms with Crippen molar-refractivity contribution in [2.24, 2.45) is 0 Å². The molecule has 0 heterocycles. The Kier molecular flexibility index (Phi) is 19.3. The zero-order chi connectivity index (χ0) is 8.95. The third-order valence-electron chi connectivity index (χ3n) is 1.29. The van der Waals surface area contributed by atoms with Gasteiger partial charge in [-0.1, -0.05) is 44.1 Å². The van der Waals surface area contributed by atoms with Crippen molar-refractivity contribution in [1.82, 2.24) is 0 Å². The lowest BCUT2D eigenvalue weighted by molar-refractivity contribution is 0.814. The van der Waals surface area contributed by atoms with Crippen molar-refractivity contribution >= 4 is 0 Å². The van der Waals surface area contributed by atoms with Gasteiger partial charge in [-0.05, 0) is 27.2 Å². The van der Waals surface area contributed by atoms with Crippen molar-refractivity contribution in [3.8, 4) is 0 Å². The Balaban J connectivity index is 0. The molecule has 0 N–H and O–H groups in total. The molecule has 0 radical (unpaired) electrons. The zero-order valence-corrected chi connectivity index (χ0v) is 8.43. The molecule has 0 saturated heterocycles. The topological polar surface area (TPSA) is 0 Å². The number of hydrogen-bond acceptors (Lipinski definition) is 0. The van der Waals surface area contributed by atoms with Crippen LogP contribution in [0.2, 0.25) is 0 Å². The van der Waals surface area contributed by atoms with Gasteiger partial charge >= 0.3 is 0 Å². The summed E-state index contributed by atoms with van der Waals surface area (Å²) in [6, 6.07) is 0. The van der Waals surface area contributed by atoms with Crippen LogP contribution in [0.3, 0.4) is 0 Å². The molecule has 0 aliphatic heterocycles. The van der Waals surface area contributed by atoms with E-state index in [1.54, 1.807) is 0 Å². The molecule has 0 aromatic rings. The van der Waals surface area contributed by atoms with Crippen molar-refractivity contribution in [3.63, 3.8) is 0 Å². The molecule has 0 aliphatic carbocycles. The average molecular weight is 154 g/mol. The summed E-state index contributed by atoms with van der Waals surface area (Å²) in [5.74, 6) is 0. The van der Waals surface area contributed by atoms with Gasteiger partial charge in [0.15, 0.2) is 0 Å². The molecule has 0 heteroatoms. The second-order valence-electron chi connectivity index (χ2n) is 2.38. The summed E-state index contributed by atoms with van der Waals surface area (Å²) in [7, 11) is 0. The highest BCUT2D eigenvalue weighted by atomic mass is 13.8. The van der Waals surface area contributed by atoms with Crippen LogP contribution in [-0.2, 0) is 0 Å². The predicted octanol–water partition coefficient (Wildman–Crippen LogP) is 4.34. The van der Waals surface area contributed by atoms with Crippen LogP contribution >= 0.6 is 0 Å². The summed E-state index contributed by atoms with van der Waals surface area (Å²) < 4.78 is 0. The van der Waals surface area contributed by atoms with E-state index in [9.17, 15) is 0 Å². The van der Waals surface area contributed by atoms with Crippen LogP contribution < -0.4 is 0 Å². The number of unbranched alkanes of at least 4 members (excludes halogenated alkanes) is 2. The molecule has 0 fully saturated rings. The first-order chi connectivity index (χ1) is 5.33. The van der Waals surface area contributed by atoms with E-state index in [4.69, 9.17) is 0 Å². The molecule has 0 saturated carbocycles. The minimum Gasteiger partial charge on any atom is -0.0919 e. The third kappa shape index (κ3) is 26.4. The molecule has 66 valence electrons. The lowest BCUT2D eigenvalue weighted by Crippen LogP contribution is -1.63.